The predicted molar refractivity (Wildman–Crippen MR) is 105 cm³/mol. The predicted octanol–water partition coefficient (Wildman–Crippen LogP) is 5.15. The smallest absolute Gasteiger partial charge is 0.272 e. The second-order valence-electron chi connectivity index (χ2n) is 6.67. The number of pyridine rings is 1. The minimum Gasteiger partial charge on any atom is -0.349 e. The van der Waals surface area contributed by atoms with Gasteiger partial charge in [-0.1, -0.05) is 36.4 Å². The van der Waals surface area contributed by atoms with E-state index in [0.717, 1.165) is 5.56 Å². The lowest BCUT2D eigenvalue weighted by Gasteiger charge is -2.26. The van der Waals surface area contributed by atoms with E-state index >= 15 is 0 Å². The monoisotopic (exact) mass is 381 g/mol. The fourth-order valence-corrected chi connectivity index (χ4v) is 2.77. The molecule has 0 saturated heterocycles. The summed E-state index contributed by atoms with van der Waals surface area (Å²) < 4.78 is 27.5. The van der Waals surface area contributed by atoms with E-state index in [9.17, 15) is 13.6 Å². The van der Waals surface area contributed by atoms with Crippen LogP contribution in [-0.2, 0) is 6.54 Å². The van der Waals surface area contributed by atoms with E-state index in [1.54, 1.807) is 17.0 Å². The number of nitrogens with zero attached hydrogens (tertiary/aromatic N) is 2. The molecule has 3 rings (SSSR count). The minimum atomic E-state index is -0.700. The van der Waals surface area contributed by atoms with E-state index in [1.807, 2.05) is 44.2 Å². The summed E-state index contributed by atoms with van der Waals surface area (Å²) in [6.45, 7) is 4.36. The molecule has 0 bridgehead atoms. The molecule has 0 fully saturated rings. The fourth-order valence-electron chi connectivity index (χ4n) is 2.77. The summed E-state index contributed by atoms with van der Waals surface area (Å²) in [5.41, 5.74) is 1.43. The molecule has 0 radical (unpaired) electrons. The lowest BCUT2D eigenvalue weighted by atomic mass is 10.1. The van der Waals surface area contributed by atoms with Crippen molar-refractivity contribution in [1.82, 2.24) is 9.88 Å². The van der Waals surface area contributed by atoms with Gasteiger partial charge in [-0.3, -0.25) is 4.79 Å². The number of carbonyl (C=O) groups excluding carboxylic acids is 1. The summed E-state index contributed by atoms with van der Waals surface area (Å²) >= 11 is 0. The van der Waals surface area contributed by atoms with Crippen molar-refractivity contribution in [2.75, 3.05) is 5.32 Å². The van der Waals surface area contributed by atoms with Crippen LogP contribution in [0.25, 0.3) is 0 Å². The Morgan fingerprint density at radius 1 is 1.00 bits per heavy atom. The number of nitrogens with one attached hydrogen (secondary N) is 1. The third-order valence-corrected chi connectivity index (χ3v) is 4.29. The number of hydrogen-bond donors (Lipinski definition) is 1. The first-order chi connectivity index (χ1) is 13.5. The van der Waals surface area contributed by atoms with Gasteiger partial charge in [0.25, 0.3) is 5.91 Å². The third kappa shape index (κ3) is 4.52. The van der Waals surface area contributed by atoms with Crippen LogP contribution in [0.4, 0.5) is 20.2 Å². The van der Waals surface area contributed by atoms with Crippen molar-refractivity contribution in [3.63, 3.8) is 0 Å². The standard InChI is InChI=1S/C22H21F2N3O/c1-15(2)27(14-16-7-4-3-5-8-16)22(28)20-12-11-17(13-25-20)26-21-18(23)9-6-10-19(21)24/h3-13,15,26H,14H2,1-2H3. The molecule has 0 aliphatic rings. The molecule has 3 aromatic rings. The second kappa shape index (κ2) is 8.61. The number of para-hydroxylation sites is 1. The van der Waals surface area contributed by atoms with Crippen LogP contribution in [0.1, 0.15) is 29.9 Å². The van der Waals surface area contributed by atoms with E-state index in [0.29, 0.717) is 12.2 Å². The lowest BCUT2D eigenvalue weighted by molar-refractivity contribution is 0.0684. The van der Waals surface area contributed by atoms with Gasteiger partial charge in [-0.25, -0.2) is 13.8 Å². The van der Waals surface area contributed by atoms with Crippen molar-refractivity contribution < 1.29 is 13.6 Å². The van der Waals surface area contributed by atoms with Gasteiger partial charge in [0.2, 0.25) is 0 Å². The Morgan fingerprint density at radius 2 is 1.68 bits per heavy atom. The van der Waals surface area contributed by atoms with Crippen LogP contribution in [-0.4, -0.2) is 21.8 Å². The molecule has 0 aliphatic heterocycles. The zero-order valence-electron chi connectivity index (χ0n) is 15.7. The molecule has 0 atom stereocenters. The van der Waals surface area contributed by atoms with Crippen LogP contribution < -0.4 is 5.32 Å². The fraction of sp³-hybridized carbons (Fsp3) is 0.182. The van der Waals surface area contributed by atoms with Gasteiger partial charge in [0, 0.05) is 12.6 Å². The number of carbonyl (C=O) groups is 1. The number of hydrogen-bond acceptors (Lipinski definition) is 3. The summed E-state index contributed by atoms with van der Waals surface area (Å²) in [5.74, 6) is -1.61. The van der Waals surface area contributed by atoms with Gasteiger partial charge in [-0.15, -0.1) is 0 Å². The highest BCUT2D eigenvalue weighted by Gasteiger charge is 2.20. The van der Waals surface area contributed by atoms with Crippen LogP contribution in [0.3, 0.4) is 0 Å². The molecule has 28 heavy (non-hydrogen) atoms. The number of halogens is 2. The van der Waals surface area contributed by atoms with Crippen LogP contribution in [0, 0.1) is 11.6 Å². The summed E-state index contributed by atoms with van der Waals surface area (Å²) in [6.07, 6.45) is 1.39. The van der Waals surface area contributed by atoms with Gasteiger partial charge in [0.05, 0.1) is 11.9 Å². The van der Waals surface area contributed by atoms with Gasteiger partial charge in [0.15, 0.2) is 0 Å². The van der Waals surface area contributed by atoms with Crippen LogP contribution >= 0.6 is 0 Å². The first-order valence-corrected chi connectivity index (χ1v) is 8.97. The van der Waals surface area contributed by atoms with Crippen LogP contribution in [0.15, 0.2) is 66.9 Å². The third-order valence-electron chi connectivity index (χ3n) is 4.29. The second-order valence-corrected chi connectivity index (χ2v) is 6.67. The molecule has 6 heteroatoms. The van der Waals surface area contributed by atoms with Crippen molar-refractivity contribution >= 4 is 17.3 Å². The Labute approximate surface area is 162 Å². The number of anilines is 2. The first kappa shape index (κ1) is 19.5. The Balaban J connectivity index is 1.76. The van der Waals surface area contributed by atoms with Crippen molar-refractivity contribution in [1.29, 1.82) is 0 Å². The zero-order valence-corrected chi connectivity index (χ0v) is 15.7. The molecule has 144 valence electrons. The molecule has 0 unspecified atom stereocenters. The molecule has 2 aromatic carbocycles. The van der Waals surface area contributed by atoms with Gasteiger partial charge < -0.3 is 10.2 Å². The van der Waals surface area contributed by atoms with E-state index in [2.05, 4.69) is 10.3 Å². The van der Waals surface area contributed by atoms with Crippen molar-refractivity contribution in [2.24, 2.45) is 0 Å². The number of amides is 1. The molecule has 4 nitrogen and oxygen atoms in total. The Morgan fingerprint density at radius 3 is 2.25 bits per heavy atom. The molecule has 1 heterocycles. The van der Waals surface area contributed by atoms with E-state index in [-0.39, 0.29) is 23.3 Å². The quantitative estimate of drug-likeness (QED) is 0.642. The maximum Gasteiger partial charge on any atom is 0.272 e. The maximum absolute atomic E-state index is 13.8. The normalized spacial score (nSPS) is 10.8. The molecule has 0 saturated carbocycles. The highest BCUT2D eigenvalue weighted by Crippen LogP contribution is 2.23. The number of aromatic nitrogens is 1. The number of rotatable bonds is 6. The molecule has 1 amide bonds. The van der Waals surface area contributed by atoms with Gasteiger partial charge in [0.1, 0.15) is 23.0 Å². The Bertz CT molecular complexity index is 924. The molecular formula is C22H21F2N3O. The molecule has 0 spiro atoms. The lowest BCUT2D eigenvalue weighted by Crippen LogP contribution is -2.36. The SMILES string of the molecule is CC(C)N(Cc1ccccc1)C(=O)c1ccc(Nc2c(F)cccc2F)cn1. The van der Waals surface area contributed by atoms with Crippen molar-refractivity contribution in [3.05, 3.63) is 89.8 Å². The van der Waals surface area contributed by atoms with Crippen molar-refractivity contribution in [3.8, 4) is 0 Å². The number of benzene rings is 2. The Kier molecular flexibility index (Phi) is 5.99. The molecule has 1 aromatic heterocycles. The molecule has 1 N–H and O–H groups in total. The summed E-state index contributed by atoms with van der Waals surface area (Å²) in [7, 11) is 0. The summed E-state index contributed by atoms with van der Waals surface area (Å²) in [4.78, 5) is 18.8. The van der Waals surface area contributed by atoms with E-state index < -0.39 is 11.6 Å². The van der Waals surface area contributed by atoms with Gasteiger partial charge in [-0.05, 0) is 43.7 Å². The minimum absolute atomic E-state index is 0.0141. The van der Waals surface area contributed by atoms with E-state index in [4.69, 9.17) is 0 Å². The largest absolute Gasteiger partial charge is 0.349 e. The highest BCUT2D eigenvalue weighted by atomic mass is 19.1. The first-order valence-electron chi connectivity index (χ1n) is 8.97. The van der Waals surface area contributed by atoms with Crippen LogP contribution in [0.5, 0.6) is 0 Å². The molecular weight excluding hydrogens is 360 g/mol. The Hall–Kier alpha value is -3.28. The highest BCUT2D eigenvalue weighted by molar-refractivity contribution is 5.92. The van der Waals surface area contributed by atoms with Crippen molar-refractivity contribution in [2.45, 2.75) is 26.4 Å². The topological polar surface area (TPSA) is 45.2 Å². The average Bonchev–Trinajstić information content (AvgIpc) is 2.69. The van der Waals surface area contributed by atoms with Gasteiger partial charge in [-0.2, -0.15) is 0 Å². The molecule has 0 aliphatic carbocycles. The van der Waals surface area contributed by atoms with Crippen LogP contribution in [0.2, 0.25) is 0 Å². The summed E-state index contributed by atoms with van der Waals surface area (Å²) in [5, 5.41) is 2.66. The average molecular weight is 381 g/mol. The zero-order chi connectivity index (χ0) is 20.1. The van der Waals surface area contributed by atoms with Gasteiger partial charge >= 0.3 is 0 Å². The maximum atomic E-state index is 13.8. The summed E-state index contributed by atoms with van der Waals surface area (Å²) in [6, 6.07) is 16.5. The van der Waals surface area contributed by atoms with E-state index in [1.165, 1.54) is 24.4 Å².